The van der Waals surface area contributed by atoms with Crippen molar-refractivity contribution in [2.75, 3.05) is 24.3 Å². The zero-order valence-electron chi connectivity index (χ0n) is 15.2. The van der Waals surface area contributed by atoms with Crippen LogP contribution in [0.25, 0.3) is 0 Å². The van der Waals surface area contributed by atoms with Crippen LogP contribution in [0.1, 0.15) is 11.1 Å². The van der Waals surface area contributed by atoms with Gasteiger partial charge < -0.3 is 15.4 Å². The van der Waals surface area contributed by atoms with E-state index in [1.54, 1.807) is 19.2 Å². The third-order valence-corrected chi connectivity index (χ3v) is 4.03. The number of para-hydroxylation sites is 1. The Morgan fingerprint density at radius 3 is 2.37 bits per heavy atom. The molecule has 0 aliphatic carbocycles. The molecule has 3 aromatic rings. The minimum Gasteiger partial charge on any atom is -0.496 e. The van der Waals surface area contributed by atoms with E-state index in [4.69, 9.17) is 4.74 Å². The second-order valence-corrected chi connectivity index (χ2v) is 6.00. The first kappa shape index (κ1) is 18.4. The molecule has 138 valence electrons. The molecule has 0 spiro atoms. The highest BCUT2D eigenvalue weighted by atomic mass is 16.5. The van der Waals surface area contributed by atoms with Gasteiger partial charge in [0.1, 0.15) is 11.6 Å². The van der Waals surface area contributed by atoms with Crippen LogP contribution in [-0.4, -0.2) is 29.8 Å². The van der Waals surface area contributed by atoms with E-state index in [0.29, 0.717) is 24.6 Å². The summed E-state index contributed by atoms with van der Waals surface area (Å²) in [5.74, 6) is 1.85. The number of aromatic nitrogens is 2. The lowest BCUT2D eigenvalue weighted by atomic mass is 10.1. The number of nitrogens with zero attached hydrogens (tertiary/aromatic N) is 2. The lowest BCUT2D eigenvalue weighted by molar-refractivity contribution is -0.115. The number of rotatable bonds is 8. The number of methoxy groups -OCH3 is 1. The van der Waals surface area contributed by atoms with E-state index in [2.05, 4.69) is 20.8 Å². The van der Waals surface area contributed by atoms with Crippen LogP contribution < -0.4 is 15.4 Å². The topological polar surface area (TPSA) is 76.1 Å². The molecule has 0 bridgehead atoms. The van der Waals surface area contributed by atoms with E-state index in [0.717, 1.165) is 23.3 Å². The molecule has 0 aliphatic rings. The van der Waals surface area contributed by atoms with Gasteiger partial charge in [0, 0.05) is 6.54 Å². The van der Waals surface area contributed by atoms with Gasteiger partial charge in [-0.1, -0.05) is 48.5 Å². The number of ether oxygens (including phenoxy) is 1. The van der Waals surface area contributed by atoms with Gasteiger partial charge in [0.25, 0.3) is 0 Å². The van der Waals surface area contributed by atoms with Crippen LogP contribution in [0.3, 0.4) is 0 Å². The highest BCUT2D eigenvalue weighted by Crippen LogP contribution is 2.17. The molecular formula is C21H22N4O2. The third-order valence-electron chi connectivity index (χ3n) is 4.03. The largest absolute Gasteiger partial charge is 0.496 e. The monoisotopic (exact) mass is 362 g/mol. The first-order chi connectivity index (χ1) is 13.2. The average molecular weight is 362 g/mol. The Balaban J connectivity index is 1.48. The summed E-state index contributed by atoms with van der Waals surface area (Å²) in [5.41, 5.74) is 2.09. The van der Waals surface area contributed by atoms with Gasteiger partial charge in [0.05, 0.1) is 13.5 Å². The summed E-state index contributed by atoms with van der Waals surface area (Å²) in [6.07, 6.45) is 1.11. The lowest BCUT2D eigenvalue weighted by Crippen LogP contribution is -2.16. The van der Waals surface area contributed by atoms with Crippen molar-refractivity contribution in [3.8, 4) is 5.75 Å². The molecule has 1 amide bonds. The number of hydrogen-bond acceptors (Lipinski definition) is 5. The van der Waals surface area contributed by atoms with Crippen molar-refractivity contribution in [1.29, 1.82) is 0 Å². The number of nitrogens with one attached hydrogen (secondary N) is 2. The standard InChI is InChI=1S/C21H22N4O2/c1-27-18-10-6-5-9-17(18)13-14-22-19-11-12-20(25-24-19)23-21(26)15-16-7-3-2-4-8-16/h2-12H,13-15H2,1H3,(H,22,24)(H,23,25,26). The fourth-order valence-corrected chi connectivity index (χ4v) is 2.70. The van der Waals surface area contributed by atoms with Crippen molar-refractivity contribution < 1.29 is 9.53 Å². The molecule has 3 rings (SSSR count). The van der Waals surface area contributed by atoms with Crippen LogP contribution in [0.4, 0.5) is 11.6 Å². The summed E-state index contributed by atoms with van der Waals surface area (Å²) < 4.78 is 5.35. The van der Waals surface area contributed by atoms with Gasteiger partial charge in [-0.2, -0.15) is 0 Å². The molecule has 2 N–H and O–H groups in total. The Morgan fingerprint density at radius 1 is 0.926 bits per heavy atom. The van der Waals surface area contributed by atoms with Crippen molar-refractivity contribution in [2.24, 2.45) is 0 Å². The van der Waals surface area contributed by atoms with Gasteiger partial charge in [0.15, 0.2) is 5.82 Å². The van der Waals surface area contributed by atoms with E-state index in [1.165, 1.54) is 0 Å². The Labute approximate surface area is 158 Å². The lowest BCUT2D eigenvalue weighted by Gasteiger charge is -2.09. The number of amides is 1. The zero-order chi connectivity index (χ0) is 18.9. The summed E-state index contributed by atoms with van der Waals surface area (Å²) in [6.45, 7) is 0.703. The highest BCUT2D eigenvalue weighted by molar-refractivity contribution is 5.91. The maximum Gasteiger partial charge on any atom is 0.229 e. The molecule has 0 fully saturated rings. The van der Waals surface area contributed by atoms with Crippen molar-refractivity contribution in [1.82, 2.24) is 10.2 Å². The number of carbonyl (C=O) groups excluding carboxylic acids is 1. The Hall–Kier alpha value is -3.41. The predicted octanol–water partition coefficient (Wildman–Crippen LogP) is 3.32. The predicted molar refractivity (Wildman–Crippen MR) is 106 cm³/mol. The molecule has 0 radical (unpaired) electrons. The summed E-state index contributed by atoms with van der Waals surface area (Å²) >= 11 is 0. The normalized spacial score (nSPS) is 10.3. The maximum absolute atomic E-state index is 12.0. The van der Waals surface area contributed by atoms with E-state index in [9.17, 15) is 4.79 Å². The van der Waals surface area contributed by atoms with Crippen LogP contribution in [0.15, 0.2) is 66.7 Å². The Kier molecular flexibility index (Phi) is 6.35. The van der Waals surface area contributed by atoms with Crippen molar-refractivity contribution in [3.63, 3.8) is 0 Å². The number of anilines is 2. The minimum atomic E-state index is -0.118. The number of benzene rings is 2. The van der Waals surface area contributed by atoms with Gasteiger partial charge in [-0.05, 0) is 35.7 Å². The van der Waals surface area contributed by atoms with Crippen molar-refractivity contribution >= 4 is 17.5 Å². The molecular weight excluding hydrogens is 340 g/mol. The molecule has 0 saturated carbocycles. The molecule has 0 atom stereocenters. The van der Waals surface area contributed by atoms with Crippen LogP contribution in [0.5, 0.6) is 5.75 Å². The summed E-state index contributed by atoms with van der Waals surface area (Å²) in [6, 6.07) is 21.0. The molecule has 0 aliphatic heterocycles. The average Bonchev–Trinajstić information content (AvgIpc) is 2.70. The first-order valence-electron chi connectivity index (χ1n) is 8.78. The van der Waals surface area contributed by atoms with Gasteiger partial charge in [-0.15, -0.1) is 10.2 Å². The van der Waals surface area contributed by atoms with Gasteiger partial charge in [-0.3, -0.25) is 4.79 Å². The minimum absolute atomic E-state index is 0.118. The molecule has 0 saturated heterocycles. The molecule has 1 aromatic heterocycles. The molecule has 2 aromatic carbocycles. The van der Waals surface area contributed by atoms with Crippen LogP contribution in [0, 0.1) is 0 Å². The van der Waals surface area contributed by atoms with Crippen LogP contribution >= 0.6 is 0 Å². The van der Waals surface area contributed by atoms with Crippen LogP contribution in [0.2, 0.25) is 0 Å². The van der Waals surface area contributed by atoms with Crippen molar-refractivity contribution in [2.45, 2.75) is 12.8 Å². The Morgan fingerprint density at radius 2 is 1.63 bits per heavy atom. The highest BCUT2D eigenvalue weighted by Gasteiger charge is 2.06. The molecule has 1 heterocycles. The van der Waals surface area contributed by atoms with Crippen molar-refractivity contribution in [3.05, 3.63) is 77.9 Å². The molecule has 6 nitrogen and oxygen atoms in total. The quantitative estimate of drug-likeness (QED) is 0.643. The number of hydrogen-bond donors (Lipinski definition) is 2. The first-order valence-corrected chi connectivity index (χ1v) is 8.78. The molecule has 6 heteroatoms. The second-order valence-electron chi connectivity index (χ2n) is 6.00. The fraction of sp³-hybridized carbons (Fsp3) is 0.190. The second kappa shape index (κ2) is 9.33. The smallest absolute Gasteiger partial charge is 0.229 e. The van der Waals surface area contributed by atoms with E-state index < -0.39 is 0 Å². The van der Waals surface area contributed by atoms with E-state index >= 15 is 0 Å². The van der Waals surface area contributed by atoms with Gasteiger partial charge in [0.2, 0.25) is 5.91 Å². The molecule has 27 heavy (non-hydrogen) atoms. The third kappa shape index (κ3) is 5.54. The zero-order valence-corrected chi connectivity index (χ0v) is 15.2. The maximum atomic E-state index is 12.0. The SMILES string of the molecule is COc1ccccc1CCNc1ccc(NC(=O)Cc2ccccc2)nn1. The van der Waals surface area contributed by atoms with E-state index in [1.807, 2.05) is 54.6 Å². The Bertz CT molecular complexity index is 867. The summed E-state index contributed by atoms with van der Waals surface area (Å²) in [7, 11) is 1.67. The fourth-order valence-electron chi connectivity index (χ4n) is 2.70. The van der Waals surface area contributed by atoms with E-state index in [-0.39, 0.29) is 5.91 Å². The molecule has 0 unspecified atom stereocenters. The summed E-state index contributed by atoms with van der Waals surface area (Å²) in [4.78, 5) is 12.0. The number of carbonyl (C=O) groups is 1. The van der Waals surface area contributed by atoms with Crippen LogP contribution in [-0.2, 0) is 17.6 Å². The van der Waals surface area contributed by atoms with Gasteiger partial charge in [-0.25, -0.2) is 0 Å². The summed E-state index contributed by atoms with van der Waals surface area (Å²) in [5, 5.41) is 14.1. The van der Waals surface area contributed by atoms with Gasteiger partial charge >= 0.3 is 0 Å².